The Morgan fingerprint density at radius 1 is 1.48 bits per heavy atom. The summed E-state index contributed by atoms with van der Waals surface area (Å²) in [4.78, 5) is 25.5. The van der Waals surface area contributed by atoms with Crippen molar-refractivity contribution < 1.29 is 18.4 Å². The summed E-state index contributed by atoms with van der Waals surface area (Å²) in [6.45, 7) is 1.93. The molecule has 2 atom stereocenters. The Labute approximate surface area is 124 Å². The van der Waals surface area contributed by atoms with Crippen LogP contribution in [0.1, 0.15) is 19.8 Å². The van der Waals surface area contributed by atoms with Crippen LogP contribution in [0.5, 0.6) is 0 Å². The van der Waals surface area contributed by atoms with Gasteiger partial charge in [-0.2, -0.15) is 0 Å². The molecule has 2 saturated heterocycles. The normalized spacial score (nSPS) is 27.9. The Bertz CT molecular complexity index is 625. The Morgan fingerprint density at radius 2 is 2.24 bits per heavy atom. The van der Waals surface area contributed by atoms with Crippen LogP contribution in [0, 0.1) is 11.6 Å². The third-order valence-electron chi connectivity index (χ3n) is 3.96. The number of amides is 2. The van der Waals surface area contributed by atoms with Gasteiger partial charge in [0.1, 0.15) is 6.04 Å². The largest absolute Gasteiger partial charge is 0.322 e. The van der Waals surface area contributed by atoms with Gasteiger partial charge in [0.15, 0.2) is 11.6 Å². The molecule has 1 aromatic carbocycles. The van der Waals surface area contributed by atoms with E-state index >= 15 is 0 Å². The Morgan fingerprint density at radius 3 is 3.00 bits per heavy atom. The number of hydrogen-bond acceptors (Lipinski definition) is 3. The number of nitrogens with zero attached hydrogens (tertiary/aromatic N) is 1. The summed E-state index contributed by atoms with van der Waals surface area (Å²) < 4.78 is 26.7. The first-order chi connectivity index (χ1) is 9.92. The number of fused-ring (bicyclic) bond motifs is 1. The van der Waals surface area contributed by atoms with E-state index < -0.39 is 23.6 Å². The molecule has 0 radical (unpaired) electrons. The van der Waals surface area contributed by atoms with Crippen LogP contribution < -0.4 is 5.32 Å². The molecule has 2 amide bonds. The predicted molar refractivity (Wildman–Crippen MR) is 75.7 cm³/mol. The molecule has 3 rings (SSSR count). The van der Waals surface area contributed by atoms with Crippen molar-refractivity contribution in [3.63, 3.8) is 0 Å². The summed E-state index contributed by atoms with van der Waals surface area (Å²) in [6, 6.07) is 2.96. The third kappa shape index (κ3) is 2.29. The summed E-state index contributed by atoms with van der Waals surface area (Å²) in [5.74, 6) is -2.19. The standard InChI is InChI=1S/C14H14F2N2O2S/c1-14-6-5-11(19)18(14)10(7-21-14)13(20)17-9-4-2-3-8(15)12(9)16/h2-4,10H,5-7H2,1H3,(H,17,20). The molecule has 21 heavy (non-hydrogen) atoms. The van der Waals surface area contributed by atoms with Crippen molar-refractivity contribution in [1.82, 2.24) is 4.90 Å². The van der Waals surface area contributed by atoms with E-state index in [2.05, 4.69) is 5.32 Å². The fourth-order valence-corrected chi connectivity index (χ4v) is 4.26. The highest BCUT2D eigenvalue weighted by molar-refractivity contribution is 8.01. The monoisotopic (exact) mass is 312 g/mol. The number of carbonyl (C=O) groups is 2. The molecule has 2 aliphatic heterocycles. The lowest BCUT2D eigenvalue weighted by molar-refractivity contribution is -0.135. The van der Waals surface area contributed by atoms with E-state index in [0.29, 0.717) is 18.6 Å². The van der Waals surface area contributed by atoms with Crippen molar-refractivity contribution in [2.24, 2.45) is 0 Å². The van der Waals surface area contributed by atoms with Crippen LogP contribution in [-0.2, 0) is 9.59 Å². The Balaban J connectivity index is 1.80. The maximum absolute atomic E-state index is 13.6. The molecule has 2 fully saturated rings. The zero-order chi connectivity index (χ0) is 15.2. The third-order valence-corrected chi connectivity index (χ3v) is 5.46. The fraction of sp³-hybridized carbons (Fsp3) is 0.429. The summed E-state index contributed by atoms with van der Waals surface area (Å²) in [5, 5.41) is 2.38. The average Bonchev–Trinajstić information content (AvgIpc) is 2.92. The van der Waals surface area contributed by atoms with Crippen molar-refractivity contribution in [3.8, 4) is 0 Å². The molecular formula is C14H14F2N2O2S. The maximum Gasteiger partial charge on any atom is 0.248 e. The van der Waals surface area contributed by atoms with Gasteiger partial charge >= 0.3 is 0 Å². The van der Waals surface area contributed by atoms with Gasteiger partial charge in [-0.25, -0.2) is 8.78 Å². The second-order valence-electron chi connectivity index (χ2n) is 5.36. The SMILES string of the molecule is CC12CCC(=O)N1C(C(=O)Nc1cccc(F)c1F)CS2. The van der Waals surface area contributed by atoms with Gasteiger partial charge in [-0.3, -0.25) is 9.59 Å². The number of thioether (sulfide) groups is 1. The van der Waals surface area contributed by atoms with E-state index in [-0.39, 0.29) is 16.5 Å². The van der Waals surface area contributed by atoms with Gasteiger partial charge in [-0.15, -0.1) is 11.8 Å². The molecule has 0 bridgehead atoms. The molecule has 0 aliphatic carbocycles. The molecule has 1 N–H and O–H groups in total. The molecular weight excluding hydrogens is 298 g/mol. The summed E-state index contributed by atoms with van der Waals surface area (Å²) in [6.07, 6.45) is 1.12. The Hall–Kier alpha value is -1.63. The highest BCUT2D eigenvalue weighted by atomic mass is 32.2. The molecule has 2 aliphatic rings. The maximum atomic E-state index is 13.6. The van der Waals surface area contributed by atoms with Crippen LogP contribution in [0.2, 0.25) is 0 Å². The second kappa shape index (κ2) is 4.98. The van der Waals surface area contributed by atoms with E-state index in [4.69, 9.17) is 0 Å². The number of benzene rings is 1. The lowest BCUT2D eigenvalue weighted by Crippen LogP contribution is -2.48. The first-order valence-corrected chi connectivity index (χ1v) is 7.62. The van der Waals surface area contributed by atoms with Gasteiger partial charge < -0.3 is 10.2 Å². The number of rotatable bonds is 2. The number of nitrogens with one attached hydrogen (secondary N) is 1. The van der Waals surface area contributed by atoms with Crippen molar-refractivity contribution in [2.45, 2.75) is 30.7 Å². The highest BCUT2D eigenvalue weighted by Crippen LogP contribution is 2.47. The van der Waals surface area contributed by atoms with Gasteiger partial charge in [-0.05, 0) is 25.5 Å². The summed E-state index contributed by atoms with van der Waals surface area (Å²) in [5.41, 5.74) is -0.203. The minimum atomic E-state index is -1.09. The molecule has 7 heteroatoms. The molecule has 4 nitrogen and oxygen atoms in total. The lowest BCUT2D eigenvalue weighted by atomic mass is 10.2. The number of carbonyl (C=O) groups excluding carboxylic acids is 2. The topological polar surface area (TPSA) is 49.4 Å². The summed E-state index contributed by atoms with van der Waals surface area (Å²) >= 11 is 1.55. The van der Waals surface area contributed by atoms with E-state index in [1.54, 1.807) is 16.7 Å². The van der Waals surface area contributed by atoms with Gasteiger partial charge in [0.2, 0.25) is 11.8 Å². The van der Waals surface area contributed by atoms with Gasteiger partial charge in [0.25, 0.3) is 0 Å². The molecule has 0 saturated carbocycles. The molecule has 0 aromatic heterocycles. The highest BCUT2D eigenvalue weighted by Gasteiger charge is 2.52. The predicted octanol–water partition coefficient (Wildman–Crippen LogP) is 2.36. The van der Waals surface area contributed by atoms with Crippen LogP contribution in [0.15, 0.2) is 18.2 Å². The molecule has 0 spiro atoms. The number of hydrogen-bond donors (Lipinski definition) is 1. The lowest BCUT2D eigenvalue weighted by Gasteiger charge is -2.29. The first kappa shape index (κ1) is 14.3. The Kier molecular flexibility index (Phi) is 3.39. The van der Waals surface area contributed by atoms with Crippen LogP contribution in [0.25, 0.3) is 0 Å². The molecule has 1 aromatic rings. The van der Waals surface area contributed by atoms with Gasteiger partial charge in [0.05, 0.1) is 10.6 Å². The van der Waals surface area contributed by atoms with Crippen LogP contribution >= 0.6 is 11.8 Å². The minimum absolute atomic E-state index is 0.0673. The number of halogens is 2. The van der Waals surface area contributed by atoms with E-state index in [1.165, 1.54) is 12.1 Å². The van der Waals surface area contributed by atoms with Crippen LogP contribution in [-0.4, -0.2) is 33.4 Å². The molecule has 2 heterocycles. The minimum Gasteiger partial charge on any atom is -0.322 e. The average molecular weight is 312 g/mol. The van der Waals surface area contributed by atoms with Crippen molar-refractivity contribution in [1.29, 1.82) is 0 Å². The van der Waals surface area contributed by atoms with Crippen molar-refractivity contribution in [3.05, 3.63) is 29.8 Å². The van der Waals surface area contributed by atoms with E-state index in [0.717, 1.165) is 6.07 Å². The quantitative estimate of drug-likeness (QED) is 0.912. The van der Waals surface area contributed by atoms with Crippen LogP contribution in [0.4, 0.5) is 14.5 Å². The number of anilines is 1. The van der Waals surface area contributed by atoms with Crippen molar-refractivity contribution >= 4 is 29.3 Å². The van der Waals surface area contributed by atoms with Gasteiger partial charge in [-0.1, -0.05) is 6.07 Å². The van der Waals surface area contributed by atoms with Crippen molar-refractivity contribution in [2.75, 3.05) is 11.1 Å². The van der Waals surface area contributed by atoms with E-state index in [9.17, 15) is 18.4 Å². The molecule has 2 unspecified atom stereocenters. The zero-order valence-electron chi connectivity index (χ0n) is 11.4. The van der Waals surface area contributed by atoms with Crippen LogP contribution in [0.3, 0.4) is 0 Å². The molecule has 112 valence electrons. The smallest absolute Gasteiger partial charge is 0.248 e. The second-order valence-corrected chi connectivity index (χ2v) is 6.86. The van der Waals surface area contributed by atoms with Gasteiger partial charge in [0, 0.05) is 12.2 Å². The fourth-order valence-electron chi connectivity index (χ4n) is 2.83. The first-order valence-electron chi connectivity index (χ1n) is 6.63. The summed E-state index contributed by atoms with van der Waals surface area (Å²) in [7, 11) is 0. The van der Waals surface area contributed by atoms with E-state index in [1.807, 2.05) is 6.92 Å². The zero-order valence-corrected chi connectivity index (χ0v) is 12.2.